The first-order valence-electron chi connectivity index (χ1n) is 7.43. The number of rotatable bonds is 5. The lowest BCUT2D eigenvalue weighted by molar-refractivity contribution is 0.0379. The Morgan fingerprint density at radius 2 is 1.87 bits per heavy atom. The standard InChI is InChI=1S/C18H22N2O3/c1-11(2)23-18(21)14-10-13(19)6-7-15(14)20-16-9-12(3)5-8-17(16)22-4/h5-11,20H,19H2,1-4H3. The molecule has 0 spiro atoms. The van der Waals surface area contributed by atoms with Crippen LogP contribution in [0.2, 0.25) is 0 Å². The van der Waals surface area contributed by atoms with Crippen LogP contribution in [0, 0.1) is 6.92 Å². The zero-order valence-electron chi connectivity index (χ0n) is 13.8. The van der Waals surface area contributed by atoms with Gasteiger partial charge < -0.3 is 20.5 Å². The van der Waals surface area contributed by atoms with Crippen LogP contribution in [0.4, 0.5) is 17.1 Å². The molecule has 3 N–H and O–H groups in total. The molecule has 5 heteroatoms. The number of anilines is 3. The Kier molecular flexibility index (Phi) is 5.11. The van der Waals surface area contributed by atoms with E-state index in [0.717, 1.165) is 11.3 Å². The van der Waals surface area contributed by atoms with Crippen molar-refractivity contribution in [1.29, 1.82) is 0 Å². The van der Waals surface area contributed by atoms with Gasteiger partial charge in [-0.15, -0.1) is 0 Å². The molecule has 23 heavy (non-hydrogen) atoms. The zero-order valence-corrected chi connectivity index (χ0v) is 13.8. The van der Waals surface area contributed by atoms with Crippen molar-refractivity contribution >= 4 is 23.0 Å². The molecule has 0 heterocycles. The number of hydrogen-bond donors (Lipinski definition) is 2. The summed E-state index contributed by atoms with van der Waals surface area (Å²) >= 11 is 0. The Hall–Kier alpha value is -2.69. The lowest BCUT2D eigenvalue weighted by atomic mass is 10.1. The van der Waals surface area contributed by atoms with Crippen LogP contribution < -0.4 is 15.8 Å². The molecule has 2 rings (SSSR count). The molecule has 2 aromatic carbocycles. The molecule has 0 aliphatic carbocycles. The summed E-state index contributed by atoms with van der Waals surface area (Å²) in [5.74, 6) is 0.275. The first-order valence-corrected chi connectivity index (χ1v) is 7.43. The van der Waals surface area contributed by atoms with Crippen molar-refractivity contribution in [1.82, 2.24) is 0 Å². The van der Waals surface area contributed by atoms with E-state index in [9.17, 15) is 4.79 Å². The second-order valence-electron chi connectivity index (χ2n) is 5.59. The third-order valence-corrected chi connectivity index (χ3v) is 3.23. The number of carbonyl (C=O) groups excluding carboxylic acids is 1. The van der Waals surface area contributed by atoms with E-state index < -0.39 is 5.97 Å². The Labute approximate surface area is 136 Å². The van der Waals surface area contributed by atoms with Crippen LogP contribution in [-0.4, -0.2) is 19.2 Å². The maximum absolute atomic E-state index is 12.3. The second-order valence-corrected chi connectivity index (χ2v) is 5.59. The first-order chi connectivity index (χ1) is 10.9. The van der Waals surface area contributed by atoms with Crippen LogP contribution in [0.5, 0.6) is 5.75 Å². The van der Waals surface area contributed by atoms with E-state index >= 15 is 0 Å². The van der Waals surface area contributed by atoms with Crippen molar-refractivity contribution in [2.24, 2.45) is 0 Å². The number of nitrogen functional groups attached to an aromatic ring is 1. The average molecular weight is 314 g/mol. The minimum Gasteiger partial charge on any atom is -0.495 e. The molecule has 0 saturated carbocycles. The van der Waals surface area contributed by atoms with Gasteiger partial charge in [-0.05, 0) is 56.7 Å². The highest BCUT2D eigenvalue weighted by molar-refractivity contribution is 5.98. The van der Waals surface area contributed by atoms with E-state index in [0.29, 0.717) is 22.7 Å². The van der Waals surface area contributed by atoms with Gasteiger partial charge in [0, 0.05) is 5.69 Å². The zero-order chi connectivity index (χ0) is 17.0. The van der Waals surface area contributed by atoms with Gasteiger partial charge >= 0.3 is 5.97 Å². The minimum absolute atomic E-state index is 0.203. The van der Waals surface area contributed by atoms with Crippen LogP contribution in [0.1, 0.15) is 29.8 Å². The molecule has 0 saturated heterocycles. The summed E-state index contributed by atoms with van der Waals surface area (Å²) in [6.07, 6.45) is -0.203. The number of aryl methyl sites for hydroxylation is 1. The Bertz CT molecular complexity index is 711. The summed E-state index contributed by atoms with van der Waals surface area (Å²) < 4.78 is 10.6. The summed E-state index contributed by atoms with van der Waals surface area (Å²) in [7, 11) is 1.60. The summed E-state index contributed by atoms with van der Waals surface area (Å²) in [6.45, 7) is 5.60. The second kappa shape index (κ2) is 7.05. The molecular formula is C18H22N2O3. The maximum atomic E-state index is 12.3. The Morgan fingerprint density at radius 1 is 1.13 bits per heavy atom. The van der Waals surface area contributed by atoms with Gasteiger partial charge in [-0.3, -0.25) is 0 Å². The number of benzene rings is 2. The van der Waals surface area contributed by atoms with Crippen LogP contribution in [-0.2, 0) is 4.74 Å². The van der Waals surface area contributed by atoms with E-state index in [2.05, 4.69) is 5.32 Å². The van der Waals surface area contributed by atoms with Gasteiger partial charge in [-0.25, -0.2) is 4.79 Å². The number of ether oxygens (including phenoxy) is 2. The highest BCUT2D eigenvalue weighted by Crippen LogP contribution is 2.31. The summed E-state index contributed by atoms with van der Waals surface area (Å²) in [5.41, 5.74) is 9.17. The molecule has 0 fully saturated rings. The minimum atomic E-state index is -0.415. The van der Waals surface area contributed by atoms with Crippen LogP contribution >= 0.6 is 0 Å². The fraction of sp³-hybridized carbons (Fsp3) is 0.278. The summed E-state index contributed by atoms with van der Waals surface area (Å²) in [5, 5.41) is 3.23. The maximum Gasteiger partial charge on any atom is 0.340 e. The number of nitrogens with one attached hydrogen (secondary N) is 1. The van der Waals surface area contributed by atoms with E-state index in [1.807, 2.05) is 25.1 Å². The summed E-state index contributed by atoms with van der Waals surface area (Å²) in [6, 6.07) is 10.9. The fourth-order valence-electron chi connectivity index (χ4n) is 2.18. The van der Waals surface area contributed by atoms with E-state index in [4.69, 9.17) is 15.2 Å². The van der Waals surface area contributed by atoms with Crippen LogP contribution in [0.25, 0.3) is 0 Å². The number of methoxy groups -OCH3 is 1. The molecule has 0 unspecified atom stereocenters. The Balaban J connectivity index is 2.40. The van der Waals surface area contributed by atoms with Gasteiger partial charge in [-0.2, -0.15) is 0 Å². The van der Waals surface area contributed by atoms with Crippen molar-refractivity contribution < 1.29 is 14.3 Å². The monoisotopic (exact) mass is 314 g/mol. The predicted molar refractivity (Wildman–Crippen MR) is 92.4 cm³/mol. The van der Waals surface area contributed by atoms with E-state index in [-0.39, 0.29) is 6.10 Å². The molecule has 0 atom stereocenters. The van der Waals surface area contributed by atoms with Gasteiger partial charge in [0.1, 0.15) is 5.75 Å². The lowest BCUT2D eigenvalue weighted by Gasteiger charge is -2.16. The SMILES string of the molecule is COc1ccc(C)cc1Nc1ccc(N)cc1C(=O)OC(C)C. The first kappa shape index (κ1) is 16.7. The number of esters is 1. The highest BCUT2D eigenvalue weighted by Gasteiger charge is 2.16. The van der Waals surface area contributed by atoms with Crippen molar-refractivity contribution in [3.8, 4) is 5.75 Å². The number of carbonyl (C=O) groups is 1. The normalized spacial score (nSPS) is 10.5. The van der Waals surface area contributed by atoms with Gasteiger partial charge in [0.25, 0.3) is 0 Å². The molecule has 5 nitrogen and oxygen atoms in total. The van der Waals surface area contributed by atoms with Crippen molar-refractivity contribution in [2.75, 3.05) is 18.2 Å². The molecule has 2 aromatic rings. The lowest BCUT2D eigenvalue weighted by Crippen LogP contribution is -2.13. The molecule has 0 bridgehead atoms. The Morgan fingerprint density at radius 3 is 2.52 bits per heavy atom. The molecule has 0 radical (unpaired) electrons. The average Bonchev–Trinajstić information content (AvgIpc) is 2.48. The van der Waals surface area contributed by atoms with Crippen LogP contribution in [0.3, 0.4) is 0 Å². The van der Waals surface area contributed by atoms with Gasteiger partial charge in [0.2, 0.25) is 0 Å². The molecule has 0 amide bonds. The third kappa shape index (κ3) is 4.16. The quantitative estimate of drug-likeness (QED) is 0.647. The molecule has 0 aliphatic heterocycles. The predicted octanol–water partition coefficient (Wildman–Crippen LogP) is 3.89. The smallest absolute Gasteiger partial charge is 0.340 e. The molecule has 122 valence electrons. The van der Waals surface area contributed by atoms with E-state index in [1.54, 1.807) is 39.2 Å². The highest BCUT2D eigenvalue weighted by atomic mass is 16.5. The van der Waals surface area contributed by atoms with Crippen molar-refractivity contribution in [2.45, 2.75) is 26.9 Å². The topological polar surface area (TPSA) is 73.6 Å². The van der Waals surface area contributed by atoms with Gasteiger partial charge in [-0.1, -0.05) is 6.07 Å². The number of hydrogen-bond acceptors (Lipinski definition) is 5. The third-order valence-electron chi connectivity index (χ3n) is 3.23. The van der Waals surface area contributed by atoms with Crippen molar-refractivity contribution in [3.05, 3.63) is 47.5 Å². The molecule has 0 aliphatic rings. The van der Waals surface area contributed by atoms with Gasteiger partial charge in [0.15, 0.2) is 0 Å². The van der Waals surface area contributed by atoms with Crippen molar-refractivity contribution in [3.63, 3.8) is 0 Å². The molecule has 0 aromatic heterocycles. The van der Waals surface area contributed by atoms with Gasteiger partial charge in [0.05, 0.1) is 30.2 Å². The largest absolute Gasteiger partial charge is 0.495 e. The number of nitrogens with two attached hydrogens (primary N) is 1. The molecular weight excluding hydrogens is 292 g/mol. The fourth-order valence-corrected chi connectivity index (χ4v) is 2.18. The van der Waals surface area contributed by atoms with E-state index in [1.165, 1.54) is 0 Å². The van der Waals surface area contributed by atoms with Crippen LogP contribution in [0.15, 0.2) is 36.4 Å². The summed E-state index contributed by atoms with van der Waals surface area (Å²) in [4.78, 5) is 12.3.